The quantitative estimate of drug-likeness (QED) is 0.868. The molecule has 0 spiro atoms. The van der Waals surface area contributed by atoms with Crippen molar-refractivity contribution in [2.45, 2.75) is 37.9 Å². The number of ether oxygens (including phenoxy) is 1. The second kappa shape index (κ2) is 7.75. The maximum atomic E-state index is 12.8. The molecule has 2 atom stereocenters. The predicted molar refractivity (Wildman–Crippen MR) is 102 cm³/mol. The molecular weight excluding hydrogens is 366 g/mol. The fourth-order valence-corrected chi connectivity index (χ4v) is 4.65. The summed E-state index contributed by atoms with van der Waals surface area (Å²) in [7, 11) is -3.63. The van der Waals surface area contributed by atoms with Crippen molar-refractivity contribution in [1.82, 2.24) is 9.29 Å². The normalized spacial score (nSPS) is 21.0. The summed E-state index contributed by atoms with van der Waals surface area (Å²) in [6, 6.07) is 11.3. The first-order valence-corrected chi connectivity index (χ1v) is 10.2. The fraction of sp³-hybridized carbons (Fsp3) is 0.368. The van der Waals surface area contributed by atoms with Crippen molar-refractivity contribution in [3.8, 4) is 0 Å². The average molecular weight is 389 g/mol. The number of nitrogens with zero attached hydrogens (tertiary/aromatic N) is 2. The molecule has 1 N–H and O–H groups in total. The second-order valence-electron chi connectivity index (χ2n) is 6.72. The number of morpholine rings is 1. The van der Waals surface area contributed by atoms with Crippen molar-refractivity contribution >= 4 is 21.7 Å². The number of sulfonamides is 1. The van der Waals surface area contributed by atoms with Gasteiger partial charge in [-0.25, -0.2) is 13.4 Å². The van der Waals surface area contributed by atoms with E-state index >= 15 is 0 Å². The van der Waals surface area contributed by atoms with Gasteiger partial charge in [-0.15, -0.1) is 0 Å². The molecule has 1 aliphatic heterocycles. The molecule has 7 nitrogen and oxygen atoms in total. The van der Waals surface area contributed by atoms with Gasteiger partial charge in [0, 0.05) is 24.3 Å². The number of anilines is 1. The van der Waals surface area contributed by atoms with Crippen molar-refractivity contribution in [2.24, 2.45) is 0 Å². The molecule has 1 fully saturated rings. The number of rotatable bonds is 4. The van der Waals surface area contributed by atoms with Gasteiger partial charge in [0.2, 0.25) is 10.0 Å². The Morgan fingerprint density at radius 3 is 2.33 bits per heavy atom. The van der Waals surface area contributed by atoms with Gasteiger partial charge in [0.1, 0.15) is 5.82 Å². The van der Waals surface area contributed by atoms with Crippen LogP contribution in [0.1, 0.15) is 29.9 Å². The minimum Gasteiger partial charge on any atom is -0.373 e. The predicted octanol–water partition coefficient (Wildman–Crippen LogP) is 2.44. The molecule has 0 saturated carbocycles. The van der Waals surface area contributed by atoms with Gasteiger partial charge < -0.3 is 10.1 Å². The summed E-state index contributed by atoms with van der Waals surface area (Å²) in [5.41, 5.74) is 1.16. The van der Waals surface area contributed by atoms with Crippen LogP contribution >= 0.6 is 0 Å². The number of hydrogen-bond acceptors (Lipinski definition) is 5. The molecule has 2 heterocycles. The highest BCUT2D eigenvalue weighted by molar-refractivity contribution is 7.89. The van der Waals surface area contributed by atoms with Crippen LogP contribution in [0.2, 0.25) is 0 Å². The van der Waals surface area contributed by atoms with Crippen molar-refractivity contribution in [2.75, 3.05) is 18.4 Å². The zero-order chi connectivity index (χ0) is 19.6. The number of aryl methyl sites for hydroxylation is 1. The lowest BCUT2D eigenvalue weighted by Gasteiger charge is -2.34. The van der Waals surface area contributed by atoms with E-state index in [-0.39, 0.29) is 23.0 Å². The molecule has 2 aromatic rings. The Morgan fingerprint density at radius 2 is 1.74 bits per heavy atom. The van der Waals surface area contributed by atoms with Crippen molar-refractivity contribution in [1.29, 1.82) is 0 Å². The Morgan fingerprint density at radius 1 is 1.11 bits per heavy atom. The fourth-order valence-electron chi connectivity index (χ4n) is 3.06. The van der Waals surface area contributed by atoms with Crippen LogP contribution in [0.4, 0.5) is 5.82 Å². The molecule has 1 saturated heterocycles. The van der Waals surface area contributed by atoms with E-state index in [0.717, 1.165) is 5.69 Å². The van der Waals surface area contributed by atoms with Gasteiger partial charge in [0.25, 0.3) is 5.91 Å². The van der Waals surface area contributed by atoms with Gasteiger partial charge in [-0.2, -0.15) is 4.31 Å². The SMILES string of the molecule is Cc1cccc(NC(=O)c2ccc(S(=O)(=O)N3C[C@@H](C)O[C@H](C)C3)cc2)n1. The van der Waals surface area contributed by atoms with E-state index < -0.39 is 10.0 Å². The highest BCUT2D eigenvalue weighted by Crippen LogP contribution is 2.21. The second-order valence-corrected chi connectivity index (χ2v) is 8.66. The van der Waals surface area contributed by atoms with Gasteiger partial charge >= 0.3 is 0 Å². The monoisotopic (exact) mass is 389 g/mol. The number of benzene rings is 1. The summed E-state index contributed by atoms with van der Waals surface area (Å²) in [5.74, 6) is 0.110. The molecule has 27 heavy (non-hydrogen) atoms. The number of pyridine rings is 1. The maximum Gasteiger partial charge on any atom is 0.256 e. The smallest absolute Gasteiger partial charge is 0.256 e. The van der Waals surface area contributed by atoms with Crippen molar-refractivity contribution in [3.05, 3.63) is 53.7 Å². The van der Waals surface area contributed by atoms with Crippen LogP contribution in [-0.2, 0) is 14.8 Å². The van der Waals surface area contributed by atoms with E-state index in [9.17, 15) is 13.2 Å². The van der Waals surface area contributed by atoms with E-state index in [1.54, 1.807) is 12.1 Å². The van der Waals surface area contributed by atoms with Crippen LogP contribution in [0.5, 0.6) is 0 Å². The summed E-state index contributed by atoms with van der Waals surface area (Å²) in [4.78, 5) is 16.7. The summed E-state index contributed by atoms with van der Waals surface area (Å²) in [5, 5.41) is 2.71. The third-order valence-corrected chi connectivity index (χ3v) is 6.12. The van der Waals surface area contributed by atoms with Crippen LogP contribution < -0.4 is 5.32 Å². The van der Waals surface area contributed by atoms with Gasteiger partial charge in [0.05, 0.1) is 17.1 Å². The molecule has 1 amide bonds. The third-order valence-electron chi connectivity index (χ3n) is 4.27. The lowest BCUT2D eigenvalue weighted by Crippen LogP contribution is -2.48. The standard InChI is InChI=1S/C19H23N3O4S/c1-13-5-4-6-18(20-13)21-19(23)16-7-9-17(10-8-16)27(24,25)22-11-14(2)26-15(3)12-22/h4-10,14-15H,11-12H2,1-3H3,(H,20,21,23)/t14-,15-/m1/s1. The molecule has 3 rings (SSSR count). The lowest BCUT2D eigenvalue weighted by atomic mass is 10.2. The molecule has 0 radical (unpaired) electrons. The molecule has 144 valence electrons. The first kappa shape index (κ1) is 19.5. The molecule has 0 unspecified atom stereocenters. The number of carbonyl (C=O) groups excluding carboxylic acids is 1. The summed E-state index contributed by atoms with van der Waals surface area (Å²) < 4.78 is 32.7. The first-order valence-electron chi connectivity index (χ1n) is 8.76. The van der Waals surface area contributed by atoms with Gasteiger partial charge in [0.15, 0.2) is 0 Å². The van der Waals surface area contributed by atoms with Gasteiger partial charge in [-0.1, -0.05) is 6.07 Å². The maximum absolute atomic E-state index is 12.8. The van der Waals surface area contributed by atoms with E-state index in [2.05, 4.69) is 10.3 Å². The van der Waals surface area contributed by atoms with Crippen molar-refractivity contribution < 1.29 is 17.9 Å². The van der Waals surface area contributed by atoms with E-state index in [1.807, 2.05) is 26.8 Å². The zero-order valence-corrected chi connectivity index (χ0v) is 16.4. The Balaban J connectivity index is 1.75. The van der Waals surface area contributed by atoms with Crippen LogP contribution in [0.3, 0.4) is 0 Å². The summed E-state index contributed by atoms with van der Waals surface area (Å²) in [6.07, 6.45) is -0.314. The van der Waals surface area contributed by atoms with Gasteiger partial charge in [-0.3, -0.25) is 4.79 Å². The molecule has 1 aromatic heterocycles. The first-order chi connectivity index (χ1) is 12.8. The topological polar surface area (TPSA) is 88.6 Å². The summed E-state index contributed by atoms with van der Waals surface area (Å²) in [6.45, 7) is 6.17. The number of amides is 1. The van der Waals surface area contributed by atoms with Gasteiger partial charge in [-0.05, 0) is 57.2 Å². The molecule has 1 aliphatic rings. The number of nitrogens with one attached hydrogen (secondary N) is 1. The highest BCUT2D eigenvalue weighted by Gasteiger charge is 2.32. The van der Waals surface area contributed by atoms with E-state index in [0.29, 0.717) is 24.5 Å². The Kier molecular flexibility index (Phi) is 5.59. The van der Waals surface area contributed by atoms with Crippen LogP contribution in [0.15, 0.2) is 47.4 Å². The van der Waals surface area contributed by atoms with Crippen LogP contribution in [0, 0.1) is 6.92 Å². The Labute approximate surface area is 159 Å². The van der Waals surface area contributed by atoms with Crippen molar-refractivity contribution in [3.63, 3.8) is 0 Å². The largest absolute Gasteiger partial charge is 0.373 e. The molecule has 8 heteroatoms. The third kappa shape index (κ3) is 4.52. The van der Waals surface area contributed by atoms with E-state index in [1.165, 1.54) is 28.6 Å². The lowest BCUT2D eigenvalue weighted by molar-refractivity contribution is -0.0440. The number of aromatic nitrogens is 1. The van der Waals surface area contributed by atoms with Crippen LogP contribution in [0.25, 0.3) is 0 Å². The van der Waals surface area contributed by atoms with Crippen LogP contribution in [-0.4, -0.2) is 48.9 Å². The minimum absolute atomic E-state index is 0.157. The average Bonchev–Trinajstić information content (AvgIpc) is 2.61. The molecule has 1 aromatic carbocycles. The Hall–Kier alpha value is -2.29. The molecule has 0 bridgehead atoms. The minimum atomic E-state index is -3.63. The molecule has 0 aliphatic carbocycles. The van der Waals surface area contributed by atoms with E-state index in [4.69, 9.17) is 4.74 Å². The number of carbonyl (C=O) groups is 1. The molecular formula is C19H23N3O4S. The highest BCUT2D eigenvalue weighted by atomic mass is 32.2. The Bertz CT molecular complexity index is 918. The summed E-state index contributed by atoms with van der Waals surface area (Å²) >= 11 is 0. The zero-order valence-electron chi connectivity index (χ0n) is 15.5. The number of hydrogen-bond donors (Lipinski definition) is 1.